The monoisotopic (exact) mass is 604 g/mol. The van der Waals surface area contributed by atoms with Crippen molar-refractivity contribution in [2.24, 2.45) is 5.41 Å². The van der Waals surface area contributed by atoms with Crippen molar-refractivity contribution in [2.75, 3.05) is 112 Å². The predicted octanol–water partition coefficient (Wildman–Crippen LogP) is 1.69. The molecular formula is C29H48O13. The summed E-state index contributed by atoms with van der Waals surface area (Å²) in [5.41, 5.74) is -0.430. The molecule has 0 fully saturated rings. The molecule has 0 radical (unpaired) electrons. The van der Waals surface area contributed by atoms with E-state index in [1.165, 1.54) is 0 Å². The highest BCUT2D eigenvalue weighted by Gasteiger charge is 2.30. The molecule has 0 aliphatic carbocycles. The van der Waals surface area contributed by atoms with E-state index in [4.69, 9.17) is 47.4 Å². The summed E-state index contributed by atoms with van der Waals surface area (Å²) in [7, 11) is 0. The number of rotatable bonds is 31. The fourth-order valence-corrected chi connectivity index (χ4v) is 2.96. The summed E-state index contributed by atoms with van der Waals surface area (Å²) in [4.78, 5) is 33.1. The van der Waals surface area contributed by atoms with Crippen LogP contribution in [0.15, 0.2) is 38.0 Å². The van der Waals surface area contributed by atoms with Crippen molar-refractivity contribution in [3.63, 3.8) is 0 Å². The van der Waals surface area contributed by atoms with Crippen LogP contribution in [0, 0.1) is 5.41 Å². The van der Waals surface area contributed by atoms with Gasteiger partial charge in [0.15, 0.2) is 0 Å². The van der Waals surface area contributed by atoms with Crippen molar-refractivity contribution in [1.82, 2.24) is 0 Å². The third-order valence-electron chi connectivity index (χ3n) is 5.38. The van der Waals surface area contributed by atoms with E-state index in [0.717, 1.165) is 24.6 Å². The Bertz CT molecular complexity index is 699. The van der Waals surface area contributed by atoms with Crippen LogP contribution in [0.3, 0.4) is 0 Å². The highest BCUT2D eigenvalue weighted by atomic mass is 16.6. The minimum Gasteiger partial charge on any atom is -0.460 e. The van der Waals surface area contributed by atoms with Crippen LogP contribution >= 0.6 is 0 Å². The highest BCUT2D eigenvalue weighted by molar-refractivity contribution is 5.81. The van der Waals surface area contributed by atoms with E-state index in [1.54, 1.807) is 0 Å². The second kappa shape index (κ2) is 28.5. The van der Waals surface area contributed by atoms with Gasteiger partial charge in [0.2, 0.25) is 0 Å². The Morgan fingerprint density at radius 2 is 0.690 bits per heavy atom. The van der Waals surface area contributed by atoms with Crippen molar-refractivity contribution >= 4 is 17.9 Å². The largest absolute Gasteiger partial charge is 0.460 e. The average molecular weight is 605 g/mol. The van der Waals surface area contributed by atoms with Crippen molar-refractivity contribution in [3.8, 4) is 0 Å². The third-order valence-corrected chi connectivity index (χ3v) is 5.38. The first-order chi connectivity index (χ1) is 20.4. The zero-order valence-electron chi connectivity index (χ0n) is 24.9. The molecule has 0 saturated heterocycles. The van der Waals surface area contributed by atoms with Crippen LogP contribution in [-0.2, 0) is 61.8 Å². The Hall–Kier alpha value is -2.65. The molecule has 0 aromatic carbocycles. The van der Waals surface area contributed by atoms with E-state index in [-0.39, 0.29) is 39.6 Å². The second-order valence-corrected chi connectivity index (χ2v) is 8.58. The zero-order valence-corrected chi connectivity index (χ0v) is 24.9. The van der Waals surface area contributed by atoms with Crippen molar-refractivity contribution in [2.45, 2.75) is 13.3 Å². The molecule has 0 unspecified atom stereocenters. The molecule has 0 spiro atoms. The first-order valence-electron chi connectivity index (χ1n) is 13.8. The Morgan fingerprint density at radius 3 is 0.952 bits per heavy atom. The van der Waals surface area contributed by atoms with Crippen LogP contribution in [0.1, 0.15) is 13.3 Å². The lowest BCUT2D eigenvalue weighted by atomic mass is 9.88. The van der Waals surface area contributed by atoms with Gasteiger partial charge in [-0.1, -0.05) is 26.7 Å². The van der Waals surface area contributed by atoms with E-state index in [9.17, 15) is 14.4 Å². The summed E-state index contributed by atoms with van der Waals surface area (Å²) in [5.74, 6) is -1.48. The van der Waals surface area contributed by atoms with Crippen molar-refractivity contribution in [1.29, 1.82) is 0 Å². The van der Waals surface area contributed by atoms with Gasteiger partial charge in [0.25, 0.3) is 0 Å². The van der Waals surface area contributed by atoms with Crippen LogP contribution in [0.4, 0.5) is 0 Å². The van der Waals surface area contributed by atoms with Crippen LogP contribution in [0.25, 0.3) is 0 Å². The van der Waals surface area contributed by atoms with E-state index in [0.29, 0.717) is 72.7 Å². The van der Waals surface area contributed by atoms with Gasteiger partial charge in [-0.3, -0.25) is 0 Å². The number of esters is 3. The summed E-state index contributed by atoms with van der Waals surface area (Å²) in [6.07, 6.45) is 4.01. The number of ether oxygens (including phenoxy) is 10. The van der Waals surface area contributed by atoms with Gasteiger partial charge in [-0.25, -0.2) is 14.4 Å². The molecule has 0 aromatic rings. The Balaban J connectivity index is 4.25. The van der Waals surface area contributed by atoms with E-state index in [2.05, 4.69) is 19.7 Å². The van der Waals surface area contributed by atoms with E-state index >= 15 is 0 Å². The first-order valence-corrected chi connectivity index (χ1v) is 13.8. The van der Waals surface area contributed by atoms with Crippen LogP contribution < -0.4 is 0 Å². The third kappa shape index (κ3) is 24.0. The normalized spacial score (nSPS) is 11.1. The topological polar surface area (TPSA) is 144 Å². The Kier molecular flexibility index (Phi) is 26.7. The molecule has 0 amide bonds. The maximum absolute atomic E-state index is 11.2. The average Bonchev–Trinajstić information content (AvgIpc) is 3.01. The van der Waals surface area contributed by atoms with E-state index < -0.39 is 23.3 Å². The second-order valence-electron chi connectivity index (χ2n) is 8.58. The number of hydrogen-bond acceptors (Lipinski definition) is 13. The van der Waals surface area contributed by atoms with Crippen LogP contribution in [-0.4, -0.2) is 130 Å². The SMILES string of the molecule is C=CC(=O)OCCOCCOCCOCC(CC)(COCCOCCOCCOC(=O)C=C)COCCOC(=O)C=C. The first kappa shape index (κ1) is 39.4. The van der Waals surface area contributed by atoms with Gasteiger partial charge >= 0.3 is 17.9 Å². The van der Waals surface area contributed by atoms with Gasteiger partial charge in [0.05, 0.1) is 92.5 Å². The molecule has 0 rings (SSSR count). The smallest absolute Gasteiger partial charge is 0.330 e. The summed E-state index contributed by atoms with van der Waals surface area (Å²) in [6, 6.07) is 0. The van der Waals surface area contributed by atoms with E-state index in [1.807, 2.05) is 6.92 Å². The molecule has 0 heterocycles. The summed E-state index contributed by atoms with van der Waals surface area (Å²) in [5, 5.41) is 0. The molecule has 0 saturated carbocycles. The standard InChI is InChI=1S/C29H48O13/c1-5-26(30)40-20-17-35-11-9-33-13-15-37-23-29(8-4,25-39-19-22-42-28(32)7-3)24-38-16-14-34-10-12-36-18-21-41-27(31)6-2/h5-7H,1-3,8-25H2,4H3. The molecule has 0 N–H and O–H groups in total. The quantitative estimate of drug-likeness (QED) is 0.0490. The maximum Gasteiger partial charge on any atom is 0.330 e. The van der Waals surface area contributed by atoms with Gasteiger partial charge in [0, 0.05) is 23.6 Å². The lowest BCUT2D eigenvalue weighted by molar-refractivity contribution is -0.141. The predicted molar refractivity (Wildman–Crippen MR) is 152 cm³/mol. The summed E-state index contributed by atoms with van der Waals surface area (Å²) >= 11 is 0. The molecule has 0 aliphatic rings. The minimum atomic E-state index is -0.505. The number of carbonyl (C=O) groups is 3. The van der Waals surface area contributed by atoms with Crippen molar-refractivity contribution < 1.29 is 61.8 Å². The van der Waals surface area contributed by atoms with Gasteiger partial charge in [-0.05, 0) is 6.42 Å². The zero-order chi connectivity index (χ0) is 31.2. The summed E-state index contributed by atoms with van der Waals surface area (Å²) < 4.78 is 53.8. The molecule has 0 atom stereocenters. The van der Waals surface area contributed by atoms with Gasteiger partial charge in [0.1, 0.15) is 19.8 Å². The summed E-state index contributed by atoms with van der Waals surface area (Å²) in [6.45, 7) is 17.3. The molecule has 42 heavy (non-hydrogen) atoms. The fourth-order valence-electron chi connectivity index (χ4n) is 2.96. The molecule has 13 heteroatoms. The molecule has 0 aromatic heterocycles. The molecule has 0 aliphatic heterocycles. The Labute approximate surface area is 249 Å². The van der Waals surface area contributed by atoms with Gasteiger partial charge in [-0.2, -0.15) is 0 Å². The number of hydrogen-bond donors (Lipinski definition) is 0. The minimum absolute atomic E-state index is 0.117. The molecule has 13 nitrogen and oxygen atoms in total. The number of carbonyl (C=O) groups excluding carboxylic acids is 3. The maximum atomic E-state index is 11.2. The van der Waals surface area contributed by atoms with Gasteiger partial charge < -0.3 is 47.4 Å². The Morgan fingerprint density at radius 1 is 0.452 bits per heavy atom. The van der Waals surface area contributed by atoms with Crippen LogP contribution in [0.2, 0.25) is 0 Å². The molecular weight excluding hydrogens is 556 g/mol. The molecule has 242 valence electrons. The molecule has 0 bridgehead atoms. The van der Waals surface area contributed by atoms with Crippen molar-refractivity contribution in [3.05, 3.63) is 38.0 Å². The lowest BCUT2D eigenvalue weighted by Crippen LogP contribution is -2.38. The van der Waals surface area contributed by atoms with Gasteiger partial charge in [-0.15, -0.1) is 0 Å². The van der Waals surface area contributed by atoms with Crippen LogP contribution in [0.5, 0.6) is 0 Å². The highest BCUT2D eigenvalue weighted by Crippen LogP contribution is 2.24. The fraction of sp³-hybridized carbons (Fsp3) is 0.690. The lowest BCUT2D eigenvalue weighted by Gasteiger charge is -2.32.